The predicted octanol–water partition coefficient (Wildman–Crippen LogP) is 3.24. The Kier molecular flexibility index (Phi) is 3.63. The Morgan fingerprint density at radius 1 is 1.45 bits per heavy atom. The molecule has 1 heterocycles. The average Bonchev–Trinajstić information content (AvgIpc) is 2.75. The molecule has 0 amide bonds. The number of alkyl halides is 2. The Balaban J connectivity index is 2.72. The van der Waals surface area contributed by atoms with Crippen molar-refractivity contribution in [3.63, 3.8) is 0 Å². The van der Waals surface area contributed by atoms with E-state index in [-0.39, 0.29) is 11.4 Å². The van der Waals surface area contributed by atoms with Gasteiger partial charge in [0.25, 0.3) is 12.1 Å². The molecule has 0 saturated heterocycles. The average molecular weight is 299 g/mol. The Labute approximate surface area is 116 Å². The number of halogens is 3. The highest BCUT2D eigenvalue weighted by Crippen LogP contribution is 2.32. The maximum absolute atomic E-state index is 12.8. The van der Waals surface area contributed by atoms with Crippen LogP contribution in [0.4, 0.5) is 14.5 Å². The van der Waals surface area contributed by atoms with Gasteiger partial charge in [-0.15, -0.1) is 0 Å². The third-order valence-corrected chi connectivity index (χ3v) is 2.83. The fraction of sp³-hybridized carbons (Fsp3) is 0.0909. The molecule has 0 unspecified atom stereocenters. The lowest BCUT2D eigenvalue weighted by Gasteiger charge is -2.03. The van der Waals surface area contributed by atoms with E-state index in [2.05, 4.69) is 5.10 Å². The second-order valence-corrected chi connectivity index (χ2v) is 3.98. The van der Waals surface area contributed by atoms with Crippen molar-refractivity contribution in [2.45, 2.75) is 6.43 Å². The van der Waals surface area contributed by atoms with E-state index in [4.69, 9.17) is 16.9 Å². The Hall–Kier alpha value is -2.53. The lowest BCUT2D eigenvalue weighted by atomic mass is 10.2. The van der Waals surface area contributed by atoms with Crippen molar-refractivity contribution in [1.82, 2.24) is 9.78 Å². The molecule has 0 N–H and O–H groups in total. The first kappa shape index (κ1) is 13.9. The van der Waals surface area contributed by atoms with E-state index in [0.717, 1.165) is 4.68 Å². The second-order valence-electron chi connectivity index (χ2n) is 3.62. The first-order chi connectivity index (χ1) is 9.47. The van der Waals surface area contributed by atoms with Crippen LogP contribution in [-0.4, -0.2) is 14.7 Å². The van der Waals surface area contributed by atoms with Crippen molar-refractivity contribution in [1.29, 1.82) is 5.26 Å². The van der Waals surface area contributed by atoms with E-state index in [1.54, 1.807) is 0 Å². The first-order valence-corrected chi connectivity index (χ1v) is 5.55. The van der Waals surface area contributed by atoms with Gasteiger partial charge in [-0.2, -0.15) is 10.4 Å². The lowest BCUT2D eigenvalue weighted by molar-refractivity contribution is -0.384. The number of benzene rings is 1. The predicted molar refractivity (Wildman–Crippen MR) is 64.9 cm³/mol. The quantitative estimate of drug-likeness (QED) is 0.643. The van der Waals surface area contributed by atoms with Gasteiger partial charge in [0, 0.05) is 6.07 Å². The van der Waals surface area contributed by atoms with Gasteiger partial charge < -0.3 is 0 Å². The van der Waals surface area contributed by atoms with Gasteiger partial charge in [0.15, 0.2) is 5.15 Å². The number of aromatic nitrogens is 2. The summed E-state index contributed by atoms with van der Waals surface area (Å²) in [5.41, 5.74) is -1.76. The number of rotatable bonds is 3. The number of para-hydroxylation sites is 2. The summed E-state index contributed by atoms with van der Waals surface area (Å²) >= 11 is 5.81. The SMILES string of the molecule is N#Cc1c(C(F)F)nn(-c2ccccc2[N+](=O)[O-])c1Cl. The molecule has 6 nitrogen and oxygen atoms in total. The number of hydrogen-bond acceptors (Lipinski definition) is 4. The maximum atomic E-state index is 12.8. The minimum Gasteiger partial charge on any atom is -0.258 e. The van der Waals surface area contributed by atoms with E-state index in [1.807, 2.05) is 0 Å². The smallest absolute Gasteiger partial charge is 0.258 e. The Morgan fingerprint density at radius 2 is 2.10 bits per heavy atom. The van der Waals surface area contributed by atoms with Crippen molar-refractivity contribution in [2.24, 2.45) is 0 Å². The van der Waals surface area contributed by atoms with Crippen molar-refractivity contribution < 1.29 is 13.7 Å². The zero-order valence-electron chi connectivity index (χ0n) is 9.63. The van der Waals surface area contributed by atoms with Gasteiger partial charge in [0.05, 0.1) is 4.92 Å². The number of nitrogens with zero attached hydrogens (tertiary/aromatic N) is 4. The summed E-state index contributed by atoms with van der Waals surface area (Å²) in [5, 5.41) is 22.9. The summed E-state index contributed by atoms with van der Waals surface area (Å²) in [4.78, 5) is 10.2. The molecule has 2 rings (SSSR count). The summed E-state index contributed by atoms with van der Waals surface area (Å²) in [6.45, 7) is 0. The molecule has 2 aromatic rings. The highest BCUT2D eigenvalue weighted by molar-refractivity contribution is 6.31. The van der Waals surface area contributed by atoms with Gasteiger partial charge in [-0.3, -0.25) is 10.1 Å². The van der Waals surface area contributed by atoms with Crippen LogP contribution in [-0.2, 0) is 0 Å². The summed E-state index contributed by atoms with van der Waals surface area (Å²) in [5.74, 6) is 0. The molecule has 9 heteroatoms. The highest BCUT2D eigenvalue weighted by Gasteiger charge is 2.26. The van der Waals surface area contributed by atoms with Crippen molar-refractivity contribution >= 4 is 17.3 Å². The van der Waals surface area contributed by atoms with Gasteiger partial charge >= 0.3 is 0 Å². The van der Waals surface area contributed by atoms with Gasteiger partial charge in [-0.1, -0.05) is 23.7 Å². The molecule has 0 radical (unpaired) electrons. The van der Waals surface area contributed by atoms with Crippen LogP contribution in [0, 0.1) is 21.4 Å². The fourth-order valence-electron chi connectivity index (χ4n) is 1.63. The molecule has 102 valence electrons. The number of nitriles is 1. The maximum Gasteiger partial charge on any atom is 0.294 e. The molecule has 0 atom stereocenters. The molecule has 0 aliphatic carbocycles. The molecule has 0 saturated carbocycles. The van der Waals surface area contributed by atoms with Crippen LogP contribution in [0.15, 0.2) is 24.3 Å². The van der Waals surface area contributed by atoms with Crippen LogP contribution in [0.3, 0.4) is 0 Å². The van der Waals surface area contributed by atoms with Crippen LogP contribution in [0.5, 0.6) is 0 Å². The summed E-state index contributed by atoms with van der Waals surface area (Å²) < 4.78 is 26.3. The normalized spacial score (nSPS) is 10.6. The third kappa shape index (κ3) is 2.19. The zero-order valence-corrected chi connectivity index (χ0v) is 10.4. The van der Waals surface area contributed by atoms with Crippen LogP contribution in [0.1, 0.15) is 17.7 Å². The van der Waals surface area contributed by atoms with Gasteiger partial charge in [0.1, 0.15) is 23.0 Å². The van der Waals surface area contributed by atoms with Gasteiger partial charge in [-0.25, -0.2) is 13.5 Å². The summed E-state index contributed by atoms with van der Waals surface area (Å²) in [6.07, 6.45) is -3.01. The lowest BCUT2D eigenvalue weighted by Crippen LogP contribution is -2.02. The van der Waals surface area contributed by atoms with Crippen LogP contribution in [0.2, 0.25) is 5.15 Å². The van der Waals surface area contributed by atoms with Crippen LogP contribution >= 0.6 is 11.6 Å². The van der Waals surface area contributed by atoms with Crippen LogP contribution in [0.25, 0.3) is 5.69 Å². The summed E-state index contributed by atoms with van der Waals surface area (Å²) in [7, 11) is 0. The molecule has 0 aliphatic rings. The standard InChI is InChI=1S/C11H5ClF2N4O2/c12-10-6(5-15)9(11(13)14)16-17(10)7-3-1-2-4-8(7)18(19)20/h1-4,11H. The molecule has 20 heavy (non-hydrogen) atoms. The number of nitro benzene ring substituents is 1. The minimum atomic E-state index is -3.01. The molecular formula is C11H5ClF2N4O2. The van der Waals surface area contributed by atoms with Crippen molar-refractivity contribution in [3.8, 4) is 11.8 Å². The second kappa shape index (κ2) is 5.22. The zero-order chi connectivity index (χ0) is 14.9. The molecular weight excluding hydrogens is 294 g/mol. The van der Waals surface area contributed by atoms with Gasteiger partial charge in [-0.05, 0) is 6.07 Å². The number of hydrogen-bond donors (Lipinski definition) is 0. The largest absolute Gasteiger partial charge is 0.294 e. The monoisotopic (exact) mass is 298 g/mol. The minimum absolute atomic E-state index is 0.0918. The molecule has 0 aliphatic heterocycles. The molecule has 1 aromatic heterocycles. The topological polar surface area (TPSA) is 84.8 Å². The van der Waals surface area contributed by atoms with E-state index in [9.17, 15) is 18.9 Å². The molecule has 0 fully saturated rings. The number of nitro groups is 1. The van der Waals surface area contributed by atoms with E-state index in [0.29, 0.717) is 0 Å². The van der Waals surface area contributed by atoms with E-state index < -0.39 is 27.8 Å². The third-order valence-electron chi connectivity index (χ3n) is 2.48. The van der Waals surface area contributed by atoms with Crippen molar-refractivity contribution in [2.75, 3.05) is 0 Å². The van der Waals surface area contributed by atoms with Gasteiger partial charge in [0.2, 0.25) is 0 Å². The van der Waals surface area contributed by atoms with Crippen molar-refractivity contribution in [3.05, 3.63) is 50.8 Å². The fourth-order valence-corrected chi connectivity index (χ4v) is 1.89. The molecule has 0 spiro atoms. The molecule has 1 aromatic carbocycles. The molecule has 0 bridgehead atoms. The Morgan fingerprint density at radius 3 is 2.60 bits per heavy atom. The van der Waals surface area contributed by atoms with E-state index >= 15 is 0 Å². The van der Waals surface area contributed by atoms with Crippen LogP contribution < -0.4 is 0 Å². The summed E-state index contributed by atoms with van der Waals surface area (Å²) in [6, 6.07) is 6.88. The highest BCUT2D eigenvalue weighted by atomic mass is 35.5. The van der Waals surface area contributed by atoms with E-state index in [1.165, 1.54) is 30.3 Å². The Bertz CT molecular complexity index is 724. The first-order valence-electron chi connectivity index (χ1n) is 5.17.